The summed E-state index contributed by atoms with van der Waals surface area (Å²) < 4.78 is 5.38. The van der Waals surface area contributed by atoms with Crippen LogP contribution in [0.1, 0.15) is 41.8 Å². The highest BCUT2D eigenvalue weighted by Crippen LogP contribution is 2.13. The zero-order chi connectivity index (χ0) is 19.8. The first-order valence-corrected chi connectivity index (χ1v) is 9.69. The number of hydrogen-bond acceptors (Lipinski definition) is 5. The Hall–Kier alpha value is -2.14. The third kappa shape index (κ3) is 7.32. The summed E-state index contributed by atoms with van der Waals surface area (Å²) in [5.74, 6) is 0.944. The molecule has 8 nitrogen and oxygen atoms in total. The van der Waals surface area contributed by atoms with Crippen LogP contribution in [0.4, 0.5) is 0 Å². The molecule has 0 aliphatic carbocycles. The molecule has 0 radical (unpaired) electrons. The van der Waals surface area contributed by atoms with E-state index >= 15 is 0 Å². The number of amides is 1. The number of rotatable bonds is 7. The van der Waals surface area contributed by atoms with Gasteiger partial charge >= 0.3 is 0 Å². The van der Waals surface area contributed by atoms with Gasteiger partial charge in [-0.15, -0.1) is 24.0 Å². The minimum absolute atomic E-state index is 0. The molecule has 9 heteroatoms. The Bertz CT molecular complexity index is 787. The highest BCUT2D eigenvalue weighted by molar-refractivity contribution is 14.0. The van der Waals surface area contributed by atoms with E-state index in [-0.39, 0.29) is 29.7 Å². The van der Waals surface area contributed by atoms with Gasteiger partial charge < -0.3 is 20.8 Å². The average Bonchev–Trinajstić information content (AvgIpc) is 3.18. The van der Waals surface area contributed by atoms with Crippen molar-refractivity contribution in [3.8, 4) is 0 Å². The van der Waals surface area contributed by atoms with Gasteiger partial charge in [-0.25, -0.2) is 4.99 Å². The number of guanidine groups is 1. The Morgan fingerprint density at radius 3 is 2.72 bits per heavy atom. The predicted molar refractivity (Wildman–Crippen MR) is 123 cm³/mol. The SMILES string of the molecule is CCNC(=NCc1ccc(C(N)=O)o1)NC1CCN(Cc2ccccn2)CC1.I. The molecule has 0 atom stereocenters. The average molecular weight is 512 g/mol. The fraction of sp³-hybridized carbons (Fsp3) is 0.450. The van der Waals surface area contributed by atoms with Crippen molar-refractivity contribution in [2.45, 2.75) is 38.9 Å². The zero-order valence-corrected chi connectivity index (χ0v) is 19.0. The van der Waals surface area contributed by atoms with Gasteiger partial charge in [0.15, 0.2) is 11.7 Å². The molecule has 3 rings (SSSR count). The molecule has 0 saturated carbocycles. The Morgan fingerprint density at radius 1 is 1.31 bits per heavy atom. The van der Waals surface area contributed by atoms with Crippen LogP contribution in [-0.2, 0) is 13.1 Å². The fourth-order valence-electron chi connectivity index (χ4n) is 3.22. The molecule has 158 valence electrons. The highest BCUT2D eigenvalue weighted by Gasteiger charge is 2.20. The molecule has 1 aliphatic heterocycles. The van der Waals surface area contributed by atoms with E-state index in [1.807, 2.05) is 25.3 Å². The maximum atomic E-state index is 11.1. The van der Waals surface area contributed by atoms with Crippen molar-refractivity contribution in [2.24, 2.45) is 10.7 Å². The van der Waals surface area contributed by atoms with E-state index < -0.39 is 5.91 Å². The van der Waals surface area contributed by atoms with Crippen molar-refractivity contribution < 1.29 is 9.21 Å². The normalized spacial score (nSPS) is 15.6. The first-order valence-electron chi connectivity index (χ1n) is 9.69. The van der Waals surface area contributed by atoms with E-state index in [1.165, 1.54) is 0 Å². The topological polar surface area (TPSA) is 109 Å². The molecule has 1 aliphatic rings. The second-order valence-corrected chi connectivity index (χ2v) is 6.84. The van der Waals surface area contributed by atoms with Crippen LogP contribution < -0.4 is 16.4 Å². The van der Waals surface area contributed by atoms with Crippen LogP contribution >= 0.6 is 24.0 Å². The maximum absolute atomic E-state index is 11.1. The van der Waals surface area contributed by atoms with E-state index in [0.717, 1.165) is 50.7 Å². The molecule has 2 aromatic rings. The molecule has 4 N–H and O–H groups in total. The van der Waals surface area contributed by atoms with Crippen LogP contribution in [-0.4, -0.2) is 47.4 Å². The second kappa shape index (κ2) is 11.8. The number of halogens is 1. The monoisotopic (exact) mass is 512 g/mol. The van der Waals surface area contributed by atoms with Gasteiger partial charge in [0.05, 0.1) is 5.69 Å². The minimum Gasteiger partial charge on any atom is -0.454 e. The first-order chi connectivity index (χ1) is 13.6. The van der Waals surface area contributed by atoms with Crippen LogP contribution in [0.3, 0.4) is 0 Å². The second-order valence-electron chi connectivity index (χ2n) is 6.84. The molecular formula is C20H29IN6O2. The third-order valence-corrected chi connectivity index (χ3v) is 4.68. The van der Waals surface area contributed by atoms with Gasteiger partial charge in [-0.2, -0.15) is 0 Å². The minimum atomic E-state index is -0.572. The van der Waals surface area contributed by atoms with Crippen molar-refractivity contribution in [2.75, 3.05) is 19.6 Å². The number of furan rings is 1. The van der Waals surface area contributed by atoms with Crippen LogP contribution in [0.15, 0.2) is 45.9 Å². The number of piperidine rings is 1. The number of nitrogens with zero attached hydrogens (tertiary/aromatic N) is 3. The lowest BCUT2D eigenvalue weighted by molar-refractivity contribution is 0.0972. The summed E-state index contributed by atoms with van der Waals surface area (Å²) >= 11 is 0. The maximum Gasteiger partial charge on any atom is 0.284 e. The molecule has 0 unspecified atom stereocenters. The first kappa shape index (κ1) is 23.1. The summed E-state index contributed by atoms with van der Waals surface area (Å²) in [7, 11) is 0. The largest absolute Gasteiger partial charge is 0.454 e. The van der Waals surface area contributed by atoms with E-state index in [2.05, 4.69) is 31.6 Å². The Labute approximate surface area is 188 Å². The third-order valence-electron chi connectivity index (χ3n) is 4.68. The molecular weight excluding hydrogens is 483 g/mol. The lowest BCUT2D eigenvalue weighted by atomic mass is 10.0. The molecule has 1 saturated heterocycles. The molecule has 0 aromatic carbocycles. The standard InChI is InChI=1S/C20H28N6O2.HI/c1-2-22-20(24-13-17-6-7-18(28-17)19(21)27)25-15-8-11-26(12-9-15)14-16-5-3-4-10-23-16;/h3-7,10,15H,2,8-9,11-14H2,1H3,(H2,21,27)(H2,22,24,25);1H. The van der Waals surface area contributed by atoms with Crippen LogP contribution in [0.2, 0.25) is 0 Å². The Kier molecular flexibility index (Phi) is 9.39. The van der Waals surface area contributed by atoms with Gasteiger partial charge in [0.1, 0.15) is 12.3 Å². The van der Waals surface area contributed by atoms with Gasteiger partial charge in [-0.1, -0.05) is 6.07 Å². The highest BCUT2D eigenvalue weighted by atomic mass is 127. The number of nitrogens with one attached hydrogen (secondary N) is 2. The van der Waals surface area contributed by atoms with Crippen LogP contribution in [0.25, 0.3) is 0 Å². The number of nitrogens with two attached hydrogens (primary N) is 1. The molecule has 2 aromatic heterocycles. The zero-order valence-electron chi connectivity index (χ0n) is 16.6. The summed E-state index contributed by atoms with van der Waals surface area (Å²) in [5, 5.41) is 6.77. The summed E-state index contributed by atoms with van der Waals surface area (Å²) in [6.07, 6.45) is 3.93. The molecule has 0 spiro atoms. The number of likely N-dealkylation sites (tertiary alicyclic amines) is 1. The Balaban J connectivity index is 0.00000300. The fourth-order valence-corrected chi connectivity index (χ4v) is 3.22. The quantitative estimate of drug-likeness (QED) is 0.298. The lowest BCUT2D eigenvalue weighted by Gasteiger charge is -2.32. The smallest absolute Gasteiger partial charge is 0.284 e. The number of aliphatic imine (C=N–C) groups is 1. The van der Waals surface area contributed by atoms with Gasteiger partial charge in [-0.3, -0.25) is 14.7 Å². The molecule has 1 fully saturated rings. The van der Waals surface area contributed by atoms with Crippen LogP contribution in [0, 0.1) is 0 Å². The Morgan fingerprint density at radius 2 is 2.10 bits per heavy atom. The lowest BCUT2D eigenvalue weighted by Crippen LogP contribution is -2.48. The van der Waals surface area contributed by atoms with Crippen molar-refractivity contribution >= 4 is 35.8 Å². The van der Waals surface area contributed by atoms with Gasteiger partial charge in [0.2, 0.25) is 0 Å². The van der Waals surface area contributed by atoms with Gasteiger partial charge in [-0.05, 0) is 44.0 Å². The number of primary amides is 1. The number of pyridine rings is 1. The molecule has 0 bridgehead atoms. The van der Waals surface area contributed by atoms with Crippen molar-refractivity contribution in [1.82, 2.24) is 20.5 Å². The summed E-state index contributed by atoms with van der Waals surface area (Å²) in [5.41, 5.74) is 6.32. The van der Waals surface area contributed by atoms with Crippen molar-refractivity contribution in [3.63, 3.8) is 0 Å². The number of aromatic nitrogens is 1. The molecule has 29 heavy (non-hydrogen) atoms. The summed E-state index contributed by atoms with van der Waals surface area (Å²) in [4.78, 5) is 22.5. The number of carbonyl (C=O) groups excluding carboxylic acids is 1. The van der Waals surface area contributed by atoms with E-state index in [1.54, 1.807) is 12.1 Å². The van der Waals surface area contributed by atoms with E-state index in [0.29, 0.717) is 18.3 Å². The van der Waals surface area contributed by atoms with E-state index in [9.17, 15) is 4.79 Å². The number of carbonyl (C=O) groups is 1. The van der Waals surface area contributed by atoms with Crippen molar-refractivity contribution in [3.05, 3.63) is 53.7 Å². The van der Waals surface area contributed by atoms with Gasteiger partial charge in [0, 0.05) is 38.4 Å². The van der Waals surface area contributed by atoms with Crippen LogP contribution in [0.5, 0.6) is 0 Å². The molecule has 1 amide bonds. The molecule has 3 heterocycles. The summed E-state index contributed by atoms with van der Waals surface area (Å²) in [6, 6.07) is 9.71. The van der Waals surface area contributed by atoms with E-state index in [4.69, 9.17) is 10.2 Å². The summed E-state index contributed by atoms with van der Waals surface area (Å²) in [6.45, 7) is 6.09. The predicted octanol–water partition coefficient (Wildman–Crippen LogP) is 2.11. The number of hydrogen-bond donors (Lipinski definition) is 3. The van der Waals surface area contributed by atoms with Crippen molar-refractivity contribution in [1.29, 1.82) is 0 Å². The van der Waals surface area contributed by atoms with Gasteiger partial charge in [0.25, 0.3) is 5.91 Å².